The lowest BCUT2D eigenvalue weighted by molar-refractivity contribution is 0.0527. The summed E-state index contributed by atoms with van der Waals surface area (Å²) in [6, 6.07) is 7.53. The van der Waals surface area contributed by atoms with Crippen LogP contribution in [0.2, 0.25) is 0 Å². The van der Waals surface area contributed by atoms with E-state index in [4.69, 9.17) is 10.5 Å². The first-order chi connectivity index (χ1) is 13.5. The molecule has 8 heteroatoms. The van der Waals surface area contributed by atoms with Gasteiger partial charge in [-0.3, -0.25) is 0 Å². The number of carbonyl (C=O) groups is 1. The molecule has 0 bridgehead atoms. The minimum absolute atomic E-state index is 0.314. The number of nitrogens with zero attached hydrogens (tertiary/aromatic N) is 4. The van der Waals surface area contributed by atoms with E-state index in [1.165, 1.54) is 6.33 Å². The highest BCUT2D eigenvalue weighted by atomic mass is 16.5. The van der Waals surface area contributed by atoms with Gasteiger partial charge in [-0.2, -0.15) is 0 Å². The van der Waals surface area contributed by atoms with Crippen molar-refractivity contribution in [3.05, 3.63) is 36.2 Å². The van der Waals surface area contributed by atoms with Crippen LogP contribution in [0.25, 0.3) is 0 Å². The second kappa shape index (κ2) is 8.88. The smallest absolute Gasteiger partial charge is 0.340 e. The van der Waals surface area contributed by atoms with E-state index in [1.54, 1.807) is 25.1 Å². The maximum atomic E-state index is 12.2. The van der Waals surface area contributed by atoms with Crippen molar-refractivity contribution in [1.82, 2.24) is 14.9 Å². The topological polar surface area (TPSA) is 96.6 Å². The summed E-state index contributed by atoms with van der Waals surface area (Å²) in [5.74, 6) is 0.782. The largest absolute Gasteiger partial charge is 0.462 e. The normalized spacial score (nSPS) is 15.2. The van der Waals surface area contributed by atoms with E-state index in [2.05, 4.69) is 32.1 Å². The Hall–Kier alpha value is -2.87. The van der Waals surface area contributed by atoms with Gasteiger partial charge in [0.05, 0.1) is 17.9 Å². The summed E-state index contributed by atoms with van der Waals surface area (Å²) in [4.78, 5) is 25.4. The zero-order valence-electron chi connectivity index (χ0n) is 16.7. The lowest BCUT2D eigenvalue weighted by Crippen LogP contribution is -2.42. The van der Waals surface area contributed by atoms with E-state index >= 15 is 0 Å². The molecule has 0 aliphatic carbocycles. The molecule has 0 amide bonds. The average molecular weight is 384 g/mol. The number of hydrogen-bond acceptors (Lipinski definition) is 8. The highest BCUT2D eigenvalue weighted by Gasteiger charge is 2.24. The van der Waals surface area contributed by atoms with Gasteiger partial charge in [0, 0.05) is 13.1 Å². The first kappa shape index (κ1) is 19.9. The van der Waals surface area contributed by atoms with Crippen LogP contribution in [0.15, 0.2) is 30.6 Å². The van der Waals surface area contributed by atoms with E-state index in [0.29, 0.717) is 41.2 Å². The molecule has 1 aliphatic heterocycles. The van der Waals surface area contributed by atoms with Gasteiger partial charge in [0.1, 0.15) is 12.0 Å². The van der Waals surface area contributed by atoms with Gasteiger partial charge in [-0.25, -0.2) is 14.8 Å². The molecule has 0 spiro atoms. The molecule has 1 saturated heterocycles. The van der Waals surface area contributed by atoms with Crippen molar-refractivity contribution in [2.24, 2.45) is 0 Å². The lowest BCUT2D eigenvalue weighted by atomic mass is 10.0. The van der Waals surface area contributed by atoms with Crippen LogP contribution >= 0.6 is 0 Å². The average Bonchev–Trinajstić information content (AvgIpc) is 2.70. The van der Waals surface area contributed by atoms with Crippen LogP contribution < -0.4 is 16.0 Å². The summed E-state index contributed by atoms with van der Waals surface area (Å²) in [7, 11) is 4.16. The molecular weight excluding hydrogens is 356 g/mol. The molecule has 8 nitrogen and oxygen atoms in total. The third kappa shape index (κ3) is 4.33. The molecule has 0 radical (unpaired) electrons. The molecule has 0 atom stereocenters. The highest BCUT2D eigenvalue weighted by molar-refractivity contribution is 5.97. The number of carbonyl (C=O) groups excluding carboxylic acids is 1. The molecular formula is C20H28N6O2. The van der Waals surface area contributed by atoms with Crippen LogP contribution in [0.4, 0.5) is 23.0 Å². The predicted octanol–water partition coefficient (Wildman–Crippen LogP) is 2.51. The Bertz CT molecular complexity index is 820. The van der Waals surface area contributed by atoms with Gasteiger partial charge in [0.15, 0.2) is 11.6 Å². The molecule has 150 valence electrons. The predicted molar refractivity (Wildman–Crippen MR) is 111 cm³/mol. The summed E-state index contributed by atoms with van der Waals surface area (Å²) in [5, 5.41) is 3.17. The monoisotopic (exact) mass is 384 g/mol. The second-order valence-electron chi connectivity index (χ2n) is 7.00. The number of anilines is 4. The van der Waals surface area contributed by atoms with Crippen molar-refractivity contribution < 1.29 is 9.53 Å². The number of ether oxygens (including phenoxy) is 1. The fourth-order valence-corrected chi connectivity index (χ4v) is 3.43. The van der Waals surface area contributed by atoms with Crippen LogP contribution in [-0.4, -0.2) is 60.7 Å². The number of para-hydroxylation sites is 1. The molecule has 1 aliphatic rings. The Labute approximate surface area is 165 Å². The summed E-state index contributed by atoms with van der Waals surface area (Å²) >= 11 is 0. The van der Waals surface area contributed by atoms with E-state index in [9.17, 15) is 4.79 Å². The van der Waals surface area contributed by atoms with Gasteiger partial charge < -0.3 is 25.6 Å². The van der Waals surface area contributed by atoms with Crippen molar-refractivity contribution in [2.45, 2.75) is 25.8 Å². The lowest BCUT2D eigenvalue weighted by Gasteiger charge is -2.36. The van der Waals surface area contributed by atoms with E-state index in [1.807, 2.05) is 13.1 Å². The van der Waals surface area contributed by atoms with Crippen LogP contribution in [-0.2, 0) is 4.74 Å². The third-order valence-corrected chi connectivity index (χ3v) is 5.11. The fraction of sp³-hybridized carbons (Fsp3) is 0.450. The second-order valence-corrected chi connectivity index (χ2v) is 7.00. The number of hydrogen-bond donors (Lipinski definition) is 2. The molecule has 1 fully saturated rings. The number of likely N-dealkylation sites (tertiary alicyclic amines) is 1. The molecule has 3 rings (SSSR count). The van der Waals surface area contributed by atoms with Gasteiger partial charge in [-0.1, -0.05) is 12.1 Å². The standard InChI is InChI=1S/C20H28N6O2/c1-4-28-20(27)15-7-5-6-8-16(15)24-18-17(21)19(23-13-22-18)26(3)14-9-11-25(2)12-10-14/h5-8,13-14H,4,9-12,21H2,1-3H3,(H,22,23,24). The number of rotatable bonds is 6. The number of nitrogen functional groups attached to an aromatic ring is 1. The van der Waals surface area contributed by atoms with E-state index < -0.39 is 0 Å². The summed E-state index contributed by atoms with van der Waals surface area (Å²) in [6.45, 7) is 4.20. The molecule has 3 N–H and O–H groups in total. The summed E-state index contributed by atoms with van der Waals surface area (Å²) in [6.07, 6.45) is 3.61. The van der Waals surface area contributed by atoms with E-state index in [-0.39, 0.29) is 5.97 Å². The van der Waals surface area contributed by atoms with Crippen molar-refractivity contribution in [2.75, 3.05) is 49.7 Å². The maximum Gasteiger partial charge on any atom is 0.340 e. The fourth-order valence-electron chi connectivity index (χ4n) is 3.43. The third-order valence-electron chi connectivity index (χ3n) is 5.11. The van der Waals surface area contributed by atoms with Gasteiger partial charge in [0.2, 0.25) is 0 Å². The SMILES string of the molecule is CCOC(=O)c1ccccc1Nc1ncnc(N(C)C2CCN(C)CC2)c1N. The number of benzene rings is 1. The summed E-state index contributed by atoms with van der Waals surface area (Å²) < 4.78 is 5.13. The molecule has 28 heavy (non-hydrogen) atoms. The van der Waals surface area contributed by atoms with Gasteiger partial charge in [-0.15, -0.1) is 0 Å². The Morgan fingerprint density at radius 1 is 1.32 bits per heavy atom. The number of esters is 1. The van der Waals surface area contributed by atoms with E-state index in [0.717, 1.165) is 25.9 Å². The minimum Gasteiger partial charge on any atom is -0.462 e. The number of nitrogens with two attached hydrogens (primary N) is 1. The molecule has 1 aromatic carbocycles. The van der Waals surface area contributed by atoms with Crippen LogP contribution in [0.1, 0.15) is 30.1 Å². The van der Waals surface area contributed by atoms with Gasteiger partial charge in [0.25, 0.3) is 0 Å². The Morgan fingerprint density at radius 3 is 2.75 bits per heavy atom. The van der Waals surface area contributed by atoms with Crippen LogP contribution in [0.5, 0.6) is 0 Å². The summed E-state index contributed by atoms with van der Waals surface area (Å²) in [5.41, 5.74) is 7.89. The number of aromatic nitrogens is 2. The maximum absolute atomic E-state index is 12.2. The first-order valence-electron chi connectivity index (χ1n) is 9.56. The van der Waals surface area contributed by atoms with Crippen molar-refractivity contribution in [3.63, 3.8) is 0 Å². The highest BCUT2D eigenvalue weighted by Crippen LogP contribution is 2.31. The quantitative estimate of drug-likeness (QED) is 0.734. The number of piperidine rings is 1. The first-order valence-corrected chi connectivity index (χ1v) is 9.56. The Balaban J connectivity index is 1.83. The molecule has 0 unspecified atom stereocenters. The Morgan fingerprint density at radius 2 is 2.04 bits per heavy atom. The molecule has 2 heterocycles. The molecule has 2 aromatic rings. The zero-order valence-corrected chi connectivity index (χ0v) is 16.7. The van der Waals surface area contributed by atoms with Crippen molar-refractivity contribution in [1.29, 1.82) is 0 Å². The minimum atomic E-state index is -0.387. The van der Waals surface area contributed by atoms with Crippen LogP contribution in [0.3, 0.4) is 0 Å². The Kier molecular flexibility index (Phi) is 6.30. The van der Waals surface area contributed by atoms with Crippen molar-refractivity contribution >= 4 is 29.0 Å². The zero-order chi connectivity index (χ0) is 20.1. The van der Waals surface area contributed by atoms with Gasteiger partial charge >= 0.3 is 5.97 Å². The van der Waals surface area contributed by atoms with Crippen molar-refractivity contribution in [3.8, 4) is 0 Å². The number of nitrogens with one attached hydrogen (secondary N) is 1. The van der Waals surface area contributed by atoms with Gasteiger partial charge in [-0.05, 0) is 52.0 Å². The van der Waals surface area contributed by atoms with Crippen LogP contribution in [0, 0.1) is 0 Å². The molecule has 0 saturated carbocycles. The molecule has 1 aromatic heterocycles.